The topological polar surface area (TPSA) is 58.9 Å². The molecule has 1 aromatic heterocycles. The van der Waals surface area contributed by atoms with E-state index in [2.05, 4.69) is 4.98 Å². The highest BCUT2D eigenvalue weighted by molar-refractivity contribution is 5.89. The third-order valence-corrected chi connectivity index (χ3v) is 4.53. The molecule has 4 rings (SSSR count). The molecule has 0 aliphatic carbocycles. The number of nitrogens with one attached hydrogen (secondary N) is 1. The van der Waals surface area contributed by atoms with Gasteiger partial charge in [-0.25, -0.2) is 0 Å². The normalized spacial score (nSPS) is 12.5. The lowest BCUT2D eigenvalue weighted by Crippen LogP contribution is -2.14. The number of rotatable bonds is 4. The quantitative estimate of drug-likeness (QED) is 0.437. The summed E-state index contributed by atoms with van der Waals surface area (Å²) in [7, 11) is 0. The molecule has 24 heavy (non-hydrogen) atoms. The Labute approximate surface area is 138 Å². The molecule has 1 unspecified atom stereocenters. The van der Waals surface area contributed by atoms with Crippen LogP contribution in [0.4, 0.5) is 0 Å². The van der Waals surface area contributed by atoms with Gasteiger partial charge in [0.05, 0.1) is 5.92 Å². The summed E-state index contributed by atoms with van der Waals surface area (Å²) in [6.45, 7) is -0.129. The first kappa shape index (κ1) is 14.5. The van der Waals surface area contributed by atoms with Crippen LogP contribution in [0, 0.1) is 10.1 Å². The maximum absolute atomic E-state index is 11.3. The van der Waals surface area contributed by atoms with Crippen molar-refractivity contribution in [1.29, 1.82) is 0 Å². The second-order valence-electron chi connectivity index (χ2n) is 5.93. The average molecular weight is 316 g/mol. The number of para-hydroxylation sites is 1. The van der Waals surface area contributed by atoms with Crippen molar-refractivity contribution in [3.05, 3.63) is 94.2 Å². The zero-order valence-corrected chi connectivity index (χ0v) is 13.0. The standard InChI is InChI=1S/C20H16N2O2/c23-22(24)13-19(18-12-21-20-11-4-3-9-17(18)20)16-10-5-7-14-6-1-2-8-15(14)16/h1-12,19,21H,13H2. The molecule has 0 saturated heterocycles. The highest BCUT2D eigenvalue weighted by atomic mass is 16.6. The Balaban J connectivity index is 1.95. The van der Waals surface area contributed by atoms with Gasteiger partial charge in [-0.3, -0.25) is 10.1 Å². The molecule has 0 bridgehead atoms. The van der Waals surface area contributed by atoms with Gasteiger partial charge in [0.2, 0.25) is 6.54 Å². The summed E-state index contributed by atoms with van der Waals surface area (Å²) < 4.78 is 0. The van der Waals surface area contributed by atoms with Gasteiger partial charge >= 0.3 is 0 Å². The predicted molar refractivity (Wildman–Crippen MR) is 96.0 cm³/mol. The lowest BCUT2D eigenvalue weighted by molar-refractivity contribution is -0.481. The van der Waals surface area contributed by atoms with E-state index in [0.29, 0.717) is 0 Å². The van der Waals surface area contributed by atoms with Crippen molar-refractivity contribution in [3.63, 3.8) is 0 Å². The maximum Gasteiger partial charge on any atom is 0.214 e. The fraction of sp³-hybridized carbons (Fsp3) is 0.100. The highest BCUT2D eigenvalue weighted by Gasteiger charge is 2.24. The summed E-state index contributed by atoms with van der Waals surface area (Å²) in [6.07, 6.45) is 1.90. The zero-order chi connectivity index (χ0) is 16.5. The molecule has 4 nitrogen and oxygen atoms in total. The second-order valence-corrected chi connectivity index (χ2v) is 5.93. The molecule has 0 spiro atoms. The number of aromatic amines is 1. The van der Waals surface area contributed by atoms with Gasteiger partial charge in [-0.15, -0.1) is 0 Å². The SMILES string of the molecule is O=[N+]([O-])CC(c1cccc2ccccc12)c1c[nH]c2ccccc12. The van der Waals surface area contributed by atoms with Crippen LogP contribution in [0.5, 0.6) is 0 Å². The first-order valence-corrected chi connectivity index (χ1v) is 7.89. The largest absolute Gasteiger partial charge is 0.361 e. The van der Waals surface area contributed by atoms with Crippen LogP contribution in [0.3, 0.4) is 0 Å². The molecule has 1 N–H and O–H groups in total. The Morgan fingerprint density at radius 3 is 2.42 bits per heavy atom. The minimum Gasteiger partial charge on any atom is -0.361 e. The molecule has 1 atom stereocenters. The fourth-order valence-corrected chi connectivity index (χ4v) is 3.45. The van der Waals surface area contributed by atoms with E-state index in [1.165, 1.54) is 0 Å². The van der Waals surface area contributed by atoms with Crippen LogP contribution < -0.4 is 0 Å². The molecule has 0 fully saturated rings. The van der Waals surface area contributed by atoms with Crippen LogP contribution in [0.1, 0.15) is 17.0 Å². The van der Waals surface area contributed by atoms with E-state index in [9.17, 15) is 10.1 Å². The zero-order valence-electron chi connectivity index (χ0n) is 13.0. The molecular formula is C20H16N2O2. The molecule has 1 heterocycles. The predicted octanol–water partition coefficient (Wildman–Crippen LogP) is 4.73. The van der Waals surface area contributed by atoms with Gasteiger partial charge in [0, 0.05) is 22.0 Å². The number of hydrogen-bond donors (Lipinski definition) is 1. The van der Waals surface area contributed by atoms with Crippen molar-refractivity contribution < 1.29 is 4.92 Å². The van der Waals surface area contributed by atoms with Crippen LogP contribution in [-0.2, 0) is 0 Å². The Morgan fingerprint density at radius 2 is 1.58 bits per heavy atom. The Kier molecular flexibility index (Phi) is 3.50. The van der Waals surface area contributed by atoms with Crippen molar-refractivity contribution in [2.45, 2.75) is 5.92 Å². The summed E-state index contributed by atoms with van der Waals surface area (Å²) >= 11 is 0. The van der Waals surface area contributed by atoms with E-state index >= 15 is 0 Å². The van der Waals surface area contributed by atoms with Crippen molar-refractivity contribution in [2.24, 2.45) is 0 Å². The summed E-state index contributed by atoms with van der Waals surface area (Å²) in [5.41, 5.74) is 2.97. The molecular weight excluding hydrogens is 300 g/mol. The Morgan fingerprint density at radius 1 is 0.875 bits per heavy atom. The third-order valence-electron chi connectivity index (χ3n) is 4.53. The summed E-state index contributed by atoms with van der Waals surface area (Å²) in [6, 6.07) is 22.0. The molecule has 4 heteroatoms. The van der Waals surface area contributed by atoms with E-state index in [1.807, 2.05) is 72.9 Å². The lowest BCUT2D eigenvalue weighted by Gasteiger charge is -2.15. The smallest absolute Gasteiger partial charge is 0.214 e. The van der Waals surface area contributed by atoms with E-state index in [4.69, 9.17) is 0 Å². The van der Waals surface area contributed by atoms with Gasteiger partial charge < -0.3 is 4.98 Å². The molecule has 0 amide bonds. The van der Waals surface area contributed by atoms with Crippen molar-refractivity contribution >= 4 is 21.7 Å². The lowest BCUT2D eigenvalue weighted by atomic mass is 9.87. The Bertz CT molecular complexity index is 1030. The van der Waals surface area contributed by atoms with Crippen LogP contribution >= 0.6 is 0 Å². The fourth-order valence-electron chi connectivity index (χ4n) is 3.45. The minimum atomic E-state index is -0.290. The molecule has 3 aromatic carbocycles. The summed E-state index contributed by atoms with van der Waals surface area (Å²) in [5, 5.41) is 14.6. The molecule has 4 aromatic rings. The summed E-state index contributed by atoms with van der Waals surface area (Å²) in [4.78, 5) is 14.4. The molecule has 118 valence electrons. The number of hydrogen-bond acceptors (Lipinski definition) is 2. The van der Waals surface area contributed by atoms with Crippen molar-refractivity contribution in [3.8, 4) is 0 Å². The maximum atomic E-state index is 11.3. The first-order valence-electron chi connectivity index (χ1n) is 7.89. The molecule has 0 saturated carbocycles. The van der Waals surface area contributed by atoms with Gasteiger partial charge in [0.15, 0.2) is 0 Å². The number of nitrogens with zero attached hydrogens (tertiary/aromatic N) is 1. The van der Waals surface area contributed by atoms with E-state index in [1.54, 1.807) is 0 Å². The average Bonchev–Trinajstić information content (AvgIpc) is 3.03. The van der Waals surface area contributed by atoms with Crippen LogP contribution in [0.15, 0.2) is 72.9 Å². The minimum absolute atomic E-state index is 0.129. The molecule has 0 aliphatic rings. The number of benzene rings is 3. The van der Waals surface area contributed by atoms with Gasteiger partial charge in [-0.2, -0.15) is 0 Å². The van der Waals surface area contributed by atoms with E-state index in [-0.39, 0.29) is 17.4 Å². The number of H-pyrrole nitrogens is 1. The molecule has 0 aliphatic heterocycles. The van der Waals surface area contributed by atoms with Crippen molar-refractivity contribution in [2.75, 3.05) is 6.54 Å². The van der Waals surface area contributed by atoms with Crippen LogP contribution in [0.25, 0.3) is 21.7 Å². The first-order chi connectivity index (χ1) is 11.7. The monoisotopic (exact) mass is 316 g/mol. The highest BCUT2D eigenvalue weighted by Crippen LogP contribution is 2.34. The van der Waals surface area contributed by atoms with E-state index < -0.39 is 0 Å². The van der Waals surface area contributed by atoms with Gasteiger partial charge in [-0.1, -0.05) is 60.7 Å². The van der Waals surface area contributed by atoms with Crippen molar-refractivity contribution in [1.82, 2.24) is 4.98 Å². The Hall–Kier alpha value is -3.14. The van der Waals surface area contributed by atoms with Gasteiger partial charge in [-0.05, 0) is 28.0 Å². The number of nitro groups is 1. The summed E-state index contributed by atoms with van der Waals surface area (Å²) in [5.74, 6) is -0.290. The number of aromatic nitrogens is 1. The van der Waals surface area contributed by atoms with E-state index in [0.717, 1.165) is 32.8 Å². The molecule has 0 radical (unpaired) electrons. The van der Waals surface area contributed by atoms with Gasteiger partial charge in [0.25, 0.3) is 0 Å². The van der Waals surface area contributed by atoms with Crippen LogP contribution in [-0.4, -0.2) is 16.5 Å². The van der Waals surface area contributed by atoms with Crippen LogP contribution in [0.2, 0.25) is 0 Å². The van der Waals surface area contributed by atoms with Gasteiger partial charge in [0.1, 0.15) is 0 Å². The second kappa shape index (κ2) is 5.81. The number of fused-ring (bicyclic) bond motifs is 2. The third kappa shape index (κ3) is 2.42.